The fourth-order valence-electron chi connectivity index (χ4n) is 3.17. The van der Waals surface area contributed by atoms with E-state index in [0.29, 0.717) is 5.02 Å². The molecule has 0 unspecified atom stereocenters. The molecule has 0 spiro atoms. The Kier molecular flexibility index (Phi) is 8.38. The predicted octanol–water partition coefficient (Wildman–Crippen LogP) is 4.55. The second-order valence-corrected chi connectivity index (χ2v) is 9.92. The molecule has 0 heterocycles. The summed E-state index contributed by atoms with van der Waals surface area (Å²) in [6.07, 6.45) is 2.46. The number of aryl methyl sites for hydroxylation is 2. The minimum atomic E-state index is -3.95. The lowest BCUT2D eigenvalue weighted by Gasteiger charge is -2.22. The van der Waals surface area contributed by atoms with Crippen LogP contribution in [0, 0.1) is 6.92 Å². The number of nitrogens with zero attached hydrogens (tertiary/aromatic N) is 2. The van der Waals surface area contributed by atoms with Crippen LogP contribution in [0.4, 0.5) is 0 Å². The van der Waals surface area contributed by atoms with Crippen LogP contribution in [0.1, 0.15) is 29.2 Å². The highest BCUT2D eigenvalue weighted by molar-refractivity contribution is 7.89. The van der Waals surface area contributed by atoms with E-state index in [2.05, 4.69) is 17.5 Å². The number of hydrogen-bond donors (Lipinski definition) is 1. The minimum Gasteiger partial charge on any atom is -0.272 e. The monoisotopic (exact) mass is 483 g/mol. The van der Waals surface area contributed by atoms with E-state index in [0.717, 1.165) is 27.4 Å². The number of carbonyl (C=O) groups excluding carboxylic acids is 1. The molecule has 33 heavy (non-hydrogen) atoms. The number of hydrazone groups is 1. The Labute approximate surface area is 200 Å². The van der Waals surface area contributed by atoms with Crippen molar-refractivity contribution in [2.45, 2.75) is 31.7 Å². The van der Waals surface area contributed by atoms with E-state index >= 15 is 0 Å². The molecule has 0 bridgehead atoms. The van der Waals surface area contributed by atoms with Gasteiger partial charge in [-0.1, -0.05) is 67.1 Å². The number of nitrogens with one attached hydrogen (secondary N) is 1. The Morgan fingerprint density at radius 3 is 2.33 bits per heavy atom. The van der Waals surface area contributed by atoms with Gasteiger partial charge in [0.15, 0.2) is 0 Å². The highest BCUT2D eigenvalue weighted by Gasteiger charge is 2.27. The first-order chi connectivity index (χ1) is 15.8. The van der Waals surface area contributed by atoms with Crippen molar-refractivity contribution in [2.75, 3.05) is 6.54 Å². The molecule has 0 aliphatic carbocycles. The van der Waals surface area contributed by atoms with Crippen LogP contribution < -0.4 is 5.43 Å². The summed E-state index contributed by atoms with van der Waals surface area (Å²) in [7, 11) is -3.95. The number of sulfonamides is 1. The normalized spacial score (nSPS) is 11.8. The summed E-state index contributed by atoms with van der Waals surface area (Å²) in [5.41, 5.74) is 6.20. The van der Waals surface area contributed by atoms with Gasteiger partial charge < -0.3 is 0 Å². The molecule has 1 amide bonds. The van der Waals surface area contributed by atoms with Crippen LogP contribution in [-0.2, 0) is 27.8 Å². The average molecular weight is 484 g/mol. The Hall–Kier alpha value is -3.00. The lowest BCUT2D eigenvalue weighted by atomic mass is 10.1. The first-order valence-corrected chi connectivity index (χ1v) is 12.3. The number of amides is 1. The third kappa shape index (κ3) is 6.74. The number of hydrogen-bond acceptors (Lipinski definition) is 4. The standard InChI is InChI=1S/C25H26ClN3O3S/c1-3-20-8-10-21(11-9-20)16-27-28-25(30)18-29(17-22-7-5-4-6-19(22)2)33(31,32)24-14-12-23(26)13-15-24/h4-16H,3,17-18H2,1-2H3,(H,28,30)/b27-16-. The summed E-state index contributed by atoms with van der Waals surface area (Å²) in [5, 5.41) is 4.41. The van der Waals surface area contributed by atoms with Gasteiger partial charge >= 0.3 is 0 Å². The molecule has 0 atom stereocenters. The molecule has 1 N–H and O–H groups in total. The fraction of sp³-hybridized carbons (Fsp3) is 0.200. The van der Waals surface area contributed by atoms with Crippen LogP contribution in [0.25, 0.3) is 0 Å². The molecule has 3 aromatic rings. The molecule has 0 aromatic heterocycles. The summed E-state index contributed by atoms with van der Waals surface area (Å²) in [4.78, 5) is 12.7. The van der Waals surface area contributed by atoms with Crippen molar-refractivity contribution in [3.05, 3.63) is 100 Å². The second-order valence-electron chi connectivity index (χ2n) is 7.54. The number of rotatable bonds is 9. The van der Waals surface area contributed by atoms with Gasteiger partial charge in [0, 0.05) is 11.6 Å². The number of carbonyl (C=O) groups is 1. The van der Waals surface area contributed by atoms with Crippen LogP contribution in [0.2, 0.25) is 5.02 Å². The molecule has 0 radical (unpaired) electrons. The summed E-state index contributed by atoms with van der Waals surface area (Å²) in [6.45, 7) is 3.64. The van der Waals surface area contributed by atoms with E-state index in [9.17, 15) is 13.2 Å². The fourth-order valence-corrected chi connectivity index (χ4v) is 4.67. The summed E-state index contributed by atoms with van der Waals surface area (Å²) in [5.74, 6) is -0.539. The Morgan fingerprint density at radius 1 is 1.03 bits per heavy atom. The molecule has 6 nitrogen and oxygen atoms in total. The summed E-state index contributed by atoms with van der Waals surface area (Å²) >= 11 is 5.91. The number of halogens is 1. The van der Waals surface area contributed by atoms with Crippen molar-refractivity contribution < 1.29 is 13.2 Å². The molecule has 0 aliphatic heterocycles. The predicted molar refractivity (Wildman–Crippen MR) is 132 cm³/mol. The first-order valence-electron chi connectivity index (χ1n) is 10.5. The average Bonchev–Trinajstić information content (AvgIpc) is 2.80. The van der Waals surface area contributed by atoms with Gasteiger partial charge in [-0.3, -0.25) is 4.79 Å². The number of benzene rings is 3. The van der Waals surface area contributed by atoms with Crippen LogP contribution in [0.15, 0.2) is 82.8 Å². The van der Waals surface area contributed by atoms with Crippen molar-refractivity contribution in [3.63, 3.8) is 0 Å². The Balaban J connectivity index is 1.78. The third-order valence-electron chi connectivity index (χ3n) is 5.17. The van der Waals surface area contributed by atoms with Gasteiger partial charge in [0.25, 0.3) is 5.91 Å². The van der Waals surface area contributed by atoms with Crippen LogP contribution >= 0.6 is 11.6 Å². The molecule has 3 rings (SSSR count). The maximum absolute atomic E-state index is 13.3. The van der Waals surface area contributed by atoms with E-state index < -0.39 is 15.9 Å². The van der Waals surface area contributed by atoms with E-state index in [1.807, 2.05) is 55.5 Å². The largest absolute Gasteiger partial charge is 0.272 e. The summed E-state index contributed by atoms with van der Waals surface area (Å²) < 4.78 is 27.8. The topological polar surface area (TPSA) is 78.8 Å². The van der Waals surface area contributed by atoms with Crippen molar-refractivity contribution in [1.29, 1.82) is 0 Å². The molecule has 0 aliphatic rings. The third-order valence-corrected chi connectivity index (χ3v) is 7.23. The molecule has 0 saturated heterocycles. The molecule has 0 fully saturated rings. The van der Waals surface area contributed by atoms with Gasteiger partial charge in [-0.15, -0.1) is 0 Å². The lowest BCUT2D eigenvalue weighted by Crippen LogP contribution is -2.39. The molecular weight excluding hydrogens is 458 g/mol. The van der Waals surface area contributed by atoms with Crippen molar-refractivity contribution in [1.82, 2.24) is 9.73 Å². The van der Waals surface area contributed by atoms with Gasteiger partial charge in [0.2, 0.25) is 10.0 Å². The van der Waals surface area contributed by atoms with Gasteiger partial charge in [0.05, 0.1) is 17.7 Å². The highest BCUT2D eigenvalue weighted by Crippen LogP contribution is 2.21. The van der Waals surface area contributed by atoms with Crippen LogP contribution in [0.5, 0.6) is 0 Å². The van der Waals surface area contributed by atoms with Crippen LogP contribution in [-0.4, -0.2) is 31.4 Å². The zero-order chi connectivity index (χ0) is 23.8. The van der Waals surface area contributed by atoms with E-state index in [-0.39, 0.29) is 18.0 Å². The van der Waals surface area contributed by atoms with E-state index in [1.54, 1.807) is 0 Å². The van der Waals surface area contributed by atoms with Gasteiger partial charge in [0.1, 0.15) is 0 Å². The zero-order valence-corrected chi connectivity index (χ0v) is 20.1. The first kappa shape index (κ1) is 24.6. The van der Waals surface area contributed by atoms with E-state index in [4.69, 9.17) is 11.6 Å². The maximum atomic E-state index is 13.3. The van der Waals surface area contributed by atoms with Crippen molar-refractivity contribution >= 4 is 33.7 Å². The van der Waals surface area contributed by atoms with Gasteiger partial charge in [-0.05, 0) is 59.9 Å². The maximum Gasteiger partial charge on any atom is 0.255 e. The molecule has 3 aromatic carbocycles. The molecule has 172 valence electrons. The van der Waals surface area contributed by atoms with Crippen molar-refractivity contribution in [2.24, 2.45) is 5.10 Å². The molecule has 8 heteroatoms. The Bertz CT molecular complexity index is 1220. The second kappa shape index (κ2) is 11.2. The van der Waals surface area contributed by atoms with Gasteiger partial charge in [-0.25, -0.2) is 13.8 Å². The minimum absolute atomic E-state index is 0.0489. The summed E-state index contributed by atoms with van der Waals surface area (Å²) in [6, 6.07) is 21.1. The smallest absolute Gasteiger partial charge is 0.255 e. The van der Waals surface area contributed by atoms with Crippen LogP contribution in [0.3, 0.4) is 0 Å². The molecule has 0 saturated carbocycles. The zero-order valence-electron chi connectivity index (χ0n) is 18.5. The highest BCUT2D eigenvalue weighted by atomic mass is 35.5. The molecular formula is C25H26ClN3O3S. The quantitative estimate of drug-likeness (QED) is 0.358. The van der Waals surface area contributed by atoms with Gasteiger partial charge in [-0.2, -0.15) is 9.41 Å². The lowest BCUT2D eigenvalue weighted by molar-refractivity contribution is -0.121. The van der Waals surface area contributed by atoms with E-state index in [1.165, 1.54) is 36.0 Å². The SMILES string of the molecule is CCc1ccc(/C=N\NC(=O)CN(Cc2ccccc2C)S(=O)(=O)c2ccc(Cl)cc2)cc1. The van der Waals surface area contributed by atoms with Crippen molar-refractivity contribution in [3.8, 4) is 0 Å². The Morgan fingerprint density at radius 2 is 1.70 bits per heavy atom.